The van der Waals surface area contributed by atoms with E-state index in [1.54, 1.807) is 0 Å². The number of carbonyl (C=O) groups is 1. The second kappa shape index (κ2) is 8.53. The molecule has 0 saturated carbocycles. The predicted octanol–water partition coefficient (Wildman–Crippen LogP) is 2.80. The summed E-state index contributed by atoms with van der Waals surface area (Å²) in [6, 6.07) is 10.4. The maximum atomic E-state index is 12.7. The lowest BCUT2D eigenvalue weighted by Crippen LogP contribution is -2.50. The molecule has 1 aromatic carbocycles. The highest BCUT2D eigenvalue weighted by atomic mass is 32.2. The summed E-state index contributed by atoms with van der Waals surface area (Å²) >= 11 is 2.99. The zero-order valence-corrected chi connectivity index (χ0v) is 16.1. The van der Waals surface area contributed by atoms with Crippen LogP contribution in [0.15, 0.2) is 34.7 Å². The molecular formula is C17H23N5OS2. The number of piperazine rings is 1. The van der Waals surface area contributed by atoms with Crippen LogP contribution in [0.5, 0.6) is 0 Å². The number of nitrogens with zero attached hydrogens (tertiary/aromatic N) is 4. The molecule has 1 amide bonds. The van der Waals surface area contributed by atoms with Gasteiger partial charge in [0.2, 0.25) is 11.0 Å². The monoisotopic (exact) mass is 377 g/mol. The molecule has 1 unspecified atom stereocenters. The number of benzene rings is 1. The Hall–Kier alpha value is -1.80. The average molecular weight is 378 g/mol. The lowest BCUT2D eigenvalue weighted by molar-refractivity contribution is -0.130. The summed E-state index contributed by atoms with van der Waals surface area (Å²) < 4.78 is 0.833. The van der Waals surface area contributed by atoms with Crippen LogP contribution in [0.4, 0.5) is 10.8 Å². The Morgan fingerprint density at radius 2 is 1.96 bits per heavy atom. The predicted molar refractivity (Wildman–Crippen MR) is 105 cm³/mol. The maximum Gasteiger partial charge on any atom is 0.235 e. The Balaban J connectivity index is 1.51. The van der Waals surface area contributed by atoms with Crippen LogP contribution >= 0.6 is 23.1 Å². The van der Waals surface area contributed by atoms with E-state index in [1.165, 1.54) is 28.8 Å². The van der Waals surface area contributed by atoms with Crippen molar-refractivity contribution in [2.75, 3.05) is 42.9 Å². The number of para-hydroxylation sites is 1. The molecule has 6 nitrogen and oxygen atoms in total. The van der Waals surface area contributed by atoms with Gasteiger partial charge in [-0.2, -0.15) is 0 Å². The van der Waals surface area contributed by atoms with E-state index in [9.17, 15) is 4.79 Å². The van der Waals surface area contributed by atoms with Crippen LogP contribution in [0.1, 0.15) is 13.8 Å². The third-order valence-electron chi connectivity index (χ3n) is 4.07. The summed E-state index contributed by atoms with van der Waals surface area (Å²) in [5.41, 5.74) is 1.22. The van der Waals surface area contributed by atoms with E-state index < -0.39 is 0 Å². The van der Waals surface area contributed by atoms with Gasteiger partial charge in [-0.25, -0.2) is 0 Å². The molecule has 2 aromatic rings. The number of anilines is 2. The van der Waals surface area contributed by atoms with Gasteiger partial charge in [0.15, 0.2) is 4.34 Å². The number of hydrogen-bond acceptors (Lipinski definition) is 7. The fourth-order valence-corrected chi connectivity index (χ4v) is 4.81. The van der Waals surface area contributed by atoms with Gasteiger partial charge in [-0.15, -0.1) is 10.2 Å². The van der Waals surface area contributed by atoms with Gasteiger partial charge in [-0.1, -0.05) is 41.3 Å². The van der Waals surface area contributed by atoms with Crippen LogP contribution in [0.2, 0.25) is 0 Å². The first-order chi connectivity index (χ1) is 12.2. The Morgan fingerprint density at radius 3 is 2.64 bits per heavy atom. The van der Waals surface area contributed by atoms with E-state index in [1.807, 2.05) is 24.8 Å². The standard InChI is InChI=1S/C17H23N5OS2/c1-3-18-16-19-20-17(25-16)24-13(2)15(23)22-11-9-21(10-12-22)14-7-5-4-6-8-14/h4-8,13H,3,9-12H2,1-2H3,(H,18,19). The fourth-order valence-electron chi connectivity index (χ4n) is 2.76. The lowest BCUT2D eigenvalue weighted by atomic mass is 10.2. The van der Waals surface area contributed by atoms with Crippen molar-refractivity contribution in [3.05, 3.63) is 30.3 Å². The van der Waals surface area contributed by atoms with E-state index in [0.29, 0.717) is 0 Å². The first-order valence-corrected chi connectivity index (χ1v) is 10.2. The zero-order valence-electron chi connectivity index (χ0n) is 14.5. The Kier molecular flexibility index (Phi) is 6.14. The van der Waals surface area contributed by atoms with Gasteiger partial charge in [0, 0.05) is 38.4 Å². The molecule has 134 valence electrons. The topological polar surface area (TPSA) is 61.4 Å². The summed E-state index contributed by atoms with van der Waals surface area (Å²) in [6.07, 6.45) is 0. The van der Waals surface area contributed by atoms with E-state index in [0.717, 1.165) is 42.2 Å². The van der Waals surface area contributed by atoms with Crippen LogP contribution in [0.25, 0.3) is 0 Å². The highest BCUT2D eigenvalue weighted by Crippen LogP contribution is 2.30. The molecule has 25 heavy (non-hydrogen) atoms. The molecule has 1 aliphatic heterocycles. The summed E-state index contributed by atoms with van der Waals surface area (Å²) in [5, 5.41) is 12.0. The normalized spacial score (nSPS) is 15.9. The second-order valence-electron chi connectivity index (χ2n) is 5.81. The van der Waals surface area contributed by atoms with Gasteiger partial charge in [0.05, 0.1) is 5.25 Å². The van der Waals surface area contributed by atoms with Crippen LogP contribution in [0, 0.1) is 0 Å². The van der Waals surface area contributed by atoms with E-state index in [2.05, 4.69) is 44.7 Å². The largest absolute Gasteiger partial charge is 0.368 e. The molecule has 2 heterocycles. The molecule has 0 spiro atoms. The first kappa shape index (κ1) is 18.0. The maximum absolute atomic E-state index is 12.7. The first-order valence-electron chi connectivity index (χ1n) is 8.50. The van der Waals surface area contributed by atoms with Crippen molar-refractivity contribution in [2.45, 2.75) is 23.4 Å². The molecular weight excluding hydrogens is 354 g/mol. The van der Waals surface area contributed by atoms with Crippen molar-refractivity contribution < 1.29 is 4.79 Å². The Bertz CT molecular complexity index is 685. The van der Waals surface area contributed by atoms with Crippen molar-refractivity contribution in [3.63, 3.8) is 0 Å². The smallest absolute Gasteiger partial charge is 0.235 e. The Labute approximate surface area is 156 Å². The van der Waals surface area contributed by atoms with E-state index in [-0.39, 0.29) is 11.2 Å². The third-order valence-corrected chi connectivity index (χ3v) is 6.13. The molecule has 1 aliphatic rings. The number of hydrogen-bond donors (Lipinski definition) is 1. The van der Waals surface area contributed by atoms with Crippen LogP contribution in [-0.4, -0.2) is 59.0 Å². The van der Waals surface area contributed by atoms with Crippen molar-refractivity contribution >= 4 is 39.8 Å². The number of amides is 1. The molecule has 3 rings (SSSR count). The molecule has 1 N–H and O–H groups in total. The van der Waals surface area contributed by atoms with Crippen LogP contribution in [0.3, 0.4) is 0 Å². The van der Waals surface area contributed by atoms with Crippen LogP contribution < -0.4 is 10.2 Å². The van der Waals surface area contributed by atoms with Gasteiger partial charge < -0.3 is 15.1 Å². The number of nitrogens with one attached hydrogen (secondary N) is 1. The number of rotatable bonds is 6. The summed E-state index contributed by atoms with van der Waals surface area (Å²) in [5.74, 6) is 0.179. The summed E-state index contributed by atoms with van der Waals surface area (Å²) in [7, 11) is 0. The van der Waals surface area contributed by atoms with Gasteiger partial charge in [-0.3, -0.25) is 4.79 Å². The highest BCUT2D eigenvalue weighted by molar-refractivity contribution is 8.02. The molecule has 1 atom stereocenters. The zero-order chi connectivity index (χ0) is 17.6. The summed E-state index contributed by atoms with van der Waals surface area (Å²) in [4.78, 5) is 17.0. The SMILES string of the molecule is CCNc1nnc(SC(C)C(=O)N2CCN(c3ccccc3)CC2)s1. The third kappa shape index (κ3) is 4.64. The lowest BCUT2D eigenvalue weighted by Gasteiger charge is -2.37. The molecule has 0 bridgehead atoms. The van der Waals surface area contributed by atoms with Gasteiger partial charge >= 0.3 is 0 Å². The minimum absolute atomic E-state index is 0.147. The quantitative estimate of drug-likeness (QED) is 0.781. The highest BCUT2D eigenvalue weighted by Gasteiger charge is 2.26. The minimum Gasteiger partial charge on any atom is -0.368 e. The average Bonchev–Trinajstić information content (AvgIpc) is 3.09. The van der Waals surface area contributed by atoms with Gasteiger partial charge in [-0.05, 0) is 26.0 Å². The molecule has 1 aromatic heterocycles. The number of aromatic nitrogens is 2. The van der Waals surface area contributed by atoms with Crippen LogP contribution in [-0.2, 0) is 4.79 Å². The summed E-state index contributed by atoms with van der Waals surface area (Å²) in [6.45, 7) is 8.06. The van der Waals surface area contributed by atoms with E-state index >= 15 is 0 Å². The minimum atomic E-state index is -0.147. The molecule has 1 saturated heterocycles. The number of thioether (sulfide) groups is 1. The molecule has 0 aliphatic carbocycles. The Morgan fingerprint density at radius 1 is 1.24 bits per heavy atom. The molecule has 0 radical (unpaired) electrons. The molecule has 8 heteroatoms. The van der Waals surface area contributed by atoms with E-state index in [4.69, 9.17) is 0 Å². The van der Waals surface area contributed by atoms with Crippen molar-refractivity contribution in [3.8, 4) is 0 Å². The fraction of sp³-hybridized carbons (Fsp3) is 0.471. The van der Waals surface area contributed by atoms with Gasteiger partial charge in [0.25, 0.3) is 0 Å². The second-order valence-corrected chi connectivity index (χ2v) is 8.38. The molecule has 1 fully saturated rings. The van der Waals surface area contributed by atoms with Crippen molar-refractivity contribution in [1.29, 1.82) is 0 Å². The van der Waals surface area contributed by atoms with Crippen molar-refractivity contribution in [2.24, 2.45) is 0 Å². The van der Waals surface area contributed by atoms with Gasteiger partial charge in [0.1, 0.15) is 0 Å². The van der Waals surface area contributed by atoms with Crippen molar-refractivity contribution in [1.82, 2.24) is 15.1 Å². The number of carbonyl (C=O) groups excluding carboxylic acids is 1.